The normalized spacial score (nSPS) is 16.3. The van der Waals surface area contributed by atoms with Crippen molar-refractivity contribution < 1.29 is 9.53 Å². The highest BCUT2D eigenvalue weighted by Crippen LogP contribution is 2.34. The minimum Gasteiger partial charge on any atom is -0.381 e. The second-order valence-corrected chi connectivity index (χ2v) is 9.17. The van der Waals surface area contributed by atoms with Crippen LogP contribution in [0.15, 0.2) is 54.9 Å². The van der Waals surface area contributed by atoms with Crippen LogP contribution in [0.2, 0.25) is 0 Å². The van der Waals surface area contributed by atoms with Gasteiger partial charge >= 0.3 is 0 Å². The van der Waals surface area contributed by atoms with Crippen LogP contribution in [0.1, 0.15) is 55.2 Å². The Morgan fingerprint density at radius 2 is 1.97 bits per heavy atom. The van der Waals surface area contributed by atoms with Gasteiger partial charge in [0.25, 0.3) is 5.91 Å². The number of nitrogens with two attached hydrogens (primary N) is 1. The maximum Gasteiger partial charge on any atom is 0.270 e. The van der Waals surface area contributed by atoms with Gasteiger partial charge < -0.3 is 15.8 Å². The lowest BCUT2D eigenvalue weighted by Gasteiger charge is -2.31. The Kier molecular flexibility index (Phi) is 6.50. The number of nitrogens with zero attached hydrogens (tertiary/aromatic N) is 5. The second kappa shape index (κ2) is 9.87. The van der Waals surface area contributed by atoms with E-state index in [1.165, 1.54) is 10.1 Å². The fourth-order valence-electron chi connectivity index (χ4n) is 4.69. The van der Waals surface area contributed by atoms with Gasteiger partial charge in [-0.25, -0.2) is 4.52 Å². The molecule has 9 heteroatoms. The molecule has 5 rings (SSSR count). The van der Waals surface area contributed by atoms with E-state index < -0.39 is 0 Å². The molecular formula is C26H31N7O2. The van der Waals surface area contributed by atoms with Gasteiger partial charge in [0.05, 0.1) is 12.2 Å². The van der Waals surface area contributed by atoms with Crippen molar-refractivity contribution >= 4 is 17.5 Å². The molecule has 3 aromatic heterocycles. The fourth-order valence-corrected chi connectivity index (χ4v) is 4.69. The monoisotopic (exact) mass is 473 g/mol. The number of carbonyl (C=O) groups is 1. The third kappa shape index (κ3) is 4.77. The van der Waals surface area contributed by atoms with Crippen molar-refractivity contribution in [2.45, 2.75) is 45.2 Å². The summed E-state index contributed by atoms with van der Waals surface area (Å²) >= 11 is 0. The standard InChI is InChI=1S/C26H31N7O2/c1-3-17(2)29-25(34)22-13-20(14-23-30-26(27)31-33(22)23)21-15-28-32(16-21)24(18-7-5-4-6-8-18)19-9-11-35-12-10-19/h4-8,13-17,19,24H,3,9-12H2,1-2H3,(H2,27,31)(H,29,34)/t17-,24?/m0/s1. The fraction of sp³-hybridized carbons (Fsp3) is 0.385. The van der Waals surface area contributed by atoms with Crippen molar-refractivity contribution in [2.75, 3.05) is 18.9 Å². The minimum atomic E-state index is -0.215. The number of anilines is 1. The molecule has 1 fully saturated rings. The molecule has 9 nitrogen and oxygen atoms in total. The largest absolute Gasteiger partial charge is 0.381 e. The van der Waals surface area contributed by atoms with E-state index in [0.717, 1.165) is 43.6 Å². The second-order valence-electron chi connectivity index (χ2n) is 9.17. The maximum atomic E-state index is 13.1. The summed E-state index contributed by atoms with van der Waals surface area (Å²) in [7, 11) is 0. The maximum absolute atomic E-state index is 13.1. The minimum absolute atomic E-state index is 0.0379. The van der Waals surface area contributed by atoms with Crippen molar-refractivity contribution in [3.05, 3.63) is 66.1 Å². The predicted molar refractivity (Wildman–Crippen MR) is 134 cm³/mol. The summed E-state index contributed by atoms with van der Waals surface area (Å²) in [5.74, 6) is 0.335. The lowest BCUT2D eigenvalue weighted by molar-refractivity contribution is 0.0527. The van der Waals surface area contributed by atoms with E-state index >= 15 is 0 Å². The quantitative estimate of drug-likeness (QED) is 0.423. The first kappa shape index (κ1) is 23.0. The van der Waals surface area contributed by atoms with Crippen LogP contribution < -0.4 is 11.1 Å². The number of aromatic nitrogens is 5. The number of ether oxygens (including phenoxy) is 1. The molecule has 1 saturated heterocycles. The molecule has 1 aromatic carbocycles. The number of carbonyl (C=O) groups excluding carboxylic acids is 1. The molecule has 182 valence electrons. The first-order chi connectivity index (χ1) is 17.0. The number of fused-ring (bicyclic) bond motifs is 1. The molecule has 4 heterocycles. The highest BCUT2D eigenvalue weighted by atomic mass is 16.5. The summed E-state index contributed by atoms with van der Waals surface area (Å²) in [6, 6.07) is 14.3. The third-order valence-corrected chi connectivity index (χ3v) is 6.75. The molecule has 0 bridgehead atoms. The summed E-state index contributed by atoms with van der Waals surface area (Å²) in [6.45, 7) is 5.53. The molecule has 35 heavy (non-hydrogen) atoms. The Bertz CT molecular complexity index is 1310. The van der Waals surface area contributed by atoms with E-state index in [9.17, 15) is 4.79 Å². The van der Waals surface area contributed by atoms with Crippen LogP contribution in [-0.4, -0.2) is 49.5 Å². The number of benzene rings is 1. The van der Waals surface area contributed by atoms with Gasteiger partial charge in [0.15, 0.2) is 5.65 Å². The van der Waals surface area contributed by atoms with Crippen LogP contribution in [0.4, 0.5) is 5.95 Å². The molecule has 0 spiro atoms. The van der Waals surface area contributed by atoms with E-state index in [4.69, 9.17) is 15.6 Å². The number of nitrogen functional groups attached to an aromatic ring is 1. The van der Waals surface area contributed by atoms with Gasteiger partial charge in [0.2, 0.25) is 5.95 Å². The van der Waals surface area contributed by atoms with Crippen LogP contribution in [-0.2, 0) is 4.74 Å². The van der Waals surface area contributed by atoms with Crippen LogP contribution in [0.3, 0.4) is 0 Å². The van der Waals surface area contributed by atoms with Crippen molar-refractivity contribution in [3.8, 4) is 11.1 Å². The molecule has 0 saturated carbocycles. The zero-order chi connectivity index (χ0) is 24.4. The Morgan fingerprint density at radius 1 is 1.20 bits per heavy atom. The van der Waals surface area contributed by atoms with E-state index in [1.807, 2.05) is 42.9 Å². The van der Waals surface area contributed by atoms with Gasteiger partial charge in [-0.1, -0.05) is 37.3 Å². The first-order valence-corrected chi connectivity index (χ1v) is 12.2. The molecule has 1 aliphatic heterocycles. The number of pyridine rings is 1. The van der Waals surface area contributed by atoms with Crippen molar-refractivity contribution in [3.63, 3.8) is 0 Å². The third-order valence-electron chi connectivity index (χ3n) is 6.75. The van der Waals surface area contributed by atoms with Crippen molar-refractivity contribution in [1.82, 2.24) is 29.7 Å². The summed E-state index contributed by atoms with van der Waals surface area (Å²) in [5, 5.41) is 12.0. The van der Waals surface area contributed by atoms with Crippen molar-refractivity contribution in [2.24, 2.45) is 5.92 Å². The van der Waals surface area contributed by atoms with Crippen LogP contribution in [0, 0.1) is 5.92 Å². The van der Waals surface area contributed by atoms with Crippen molar-refractivity contribution in [1.29, 1.82) is 0 Å². The Hall–Kier alpha value is -3.72. The molecule has 1 aliphatic rings. The lowest BCUT2D eigenvalue weighted by atomic mass is 9.87. The highest BCUT2D eigenvalue weighted by molar-refractivity contribution is 5.95. The number of hydrogen-bond acceptors (Lipinski definition) is 6. The molecule has 1 amide bonds. The van der Waals surface area contributed by atoms with E-state index in [-0.39, 0.29) is 23.9 Å². The van der Waals surface area contributed by atoms with E-state index in [1.54, 1.807) is 0 Å². The van der Waals surface area contributed by atoms with E-state index in [0.29, 0.717) is 17.3 Å². The smallest absolute Gasteiger partial charge is 0.270 e. The predicted octanol–water partition coefficient (Wildman–Crippen LogP) is 3.72. The number of rotatable bonds is 7. The lowest BCUT2D eigenvalue weighted by Crippen LogP contribution is -2.33. The van der Waals surface area contributed by atoms with Crippen LogP contribution in [0.5, 0.6) is 0 Å². The SMILES string of the molecule is CC[C@H](C)NC(=O)c1cc(-c2cnn(C(c3ccccc3)C3CCOCC3)c2)cc2nc(N)nn12. The van der Waals surface area contributed by atoms with Gasteiger partial charge in [-0.15, -0.1) is 5.10 Å². The molecule has 3 N–H and O–H groups in total. The van der Waals surface area contributed by atoms with Crippen LogP contribution in [0.25, 0.3) is 16.8 Å². The number of hydrogen-bond donors (Lipinski definition) is 2. The number of amides is 1. The summed E-state index contributed by atoms with van der Waals surface area (Å²) in [5.41, 5.74) is 9.74. The van der Waals surface area contributed by atoms with Gasteiger partial charge in [-0.3, -0.25) is 9.48 Å². The number of nitrogens with one attached hydrogen (secondary N) is 1. The molecule has 4 aromatic rings. The zero-order valence-corrected chi connectivity index (χ0v) is 20.1. The van der Waals surface area contributed by atoms with Gasteiger partial charge in [-0.05, 0) is 55.4 Å². The molecule has 0 radical (unpaired) electrons. The molecule has 0 aliphatic carbocycles. The highest BCUT2D eigenvalue weighted by Gasteiger charge is 2.28. The Balaban J connectivity index is 1.54. The average molecular weight is 474 g/mol. The Labute approximate surface area is 204 Å². The molecule has 2 atom stereocenters. The van der Waals surface area contributed by atoms with Gasteiger partial charge in [0, 0.05) is 31.0 Å². The summed E-state index contributed by atoms with van der Waals surface area (Å²) < 4.78 is 9.16. The molecule has 1 unspecified atom stereocenters. The molecular weight excluding hydrogens is 442 g/mol. The Morgan fingerprint density at radius 3 is 2.71 bits per heavy atom. The average Bonchev–Trinajstić information content (AvgIpc) is 3.51. The van der Waals surface area contributed by atoms with Crippen LogP contribution >= 0.6 is 0 Å². The van der Waals surface area contributed by atoms with Gasteiger partial charge in [-0.2, -0.15) is 10.1 Å². The first-order valence-electron chi connectivity index (χ1n) is 12.2. The van der Waals surface area contributed by atoms with E-state index in [2.05, 4.69) is 45.9 Å². The summed E-state index contributed by atoms with van der Waals surface area (Å²) in [4.78, 5) is 17.4. The summed E-state index contributed by atoms with van der Waals surface area (Å²) in [6.07, 6.45) is 6.69. The van der Waals surface area contributed by atoms with Gasteiger partial charge in [0.1, 0.15) is 5.69 Å². The topological polar surface area (TPSA) is 112 Å². The zero-order valence-electron chi connectivity index (χ0n) is 20.1.